The second kappa shape index (κ2) is 6.59. The maximum absolute atomic E-state index is 13.8. The van der Waals surface area contributed by atoms with E-state index in [1.807, 2.05) is 0 Å². The highest BCUT2D eigenvalue weighted by molar-refractivity contribution is 6.75. The minimum Gasteiger partial charge on any atom is -0.243 e. The van der Waals surface area contributed by atoms with Crippen molar-refractivity contribution in [2.24, 2.45) is 0 Å². The molecule has 0 N–H and O–H groups in total. The number of hydrogen-bond donors (Lipinski definition) is 0. The molecule has 26 heavy (non-hydrogen) atoms. The molecular weight excluding hydrogens is 480 g/mol. The summed E-state index contributed by atoms with van der Waals surface area (Å²) in [6.45, 7) is 0. The molecule has 0 atom stereocenters. The molecule has 2 heterocycles. The van der Waals surface area contributed by atoms with Gasteiger partial charge in [-0.3, -0.25) is 0 Å². The first-order valence-corrected chi connectivity index (χ1v) is 7.78. The van der Waals surface area contributed by atoms with E-state index in [9.17, 15) is 26.7 Å². The smallest absolute Gasteiger partial charge is 0.243 e. The van der Waals surface area contributed by atoms with Gasteiger partial charge < -0.3 is 0 Å². The maximum Gasteiger partial charge on any atom is 0.459 e. The summed E-state index contributed by atoms with van der Waals surface area (Å²) in [5.41, 5.74) is -3.64. The van der Waals surface area contributed by atoms with E-state index in [-0.39, 0.29) is 4.68 Å². The van der Waals surface area contributed by atoms with Gasteiger partial charge in [0, 0.05) is 0 Å². The Morgan fingerprint density at radius 1 is 1.00 bits per heavy atom. The summed E-state index contributed by atoms with van der Waals surface area (Å²) in [6, 6.07) is -1.42. The SMILES string of the molecule is O=C(n1ccnn1)n1nnc(C(F)(F)C(F)(F)F)c1C(Cl)(Cl)C(Cl)(Cl)Cl. The highest BCUT2D eigenvalue weighted by Crippen LogP contribution is 2.56. The molecule has 0 aliphatic heterocycles. The molecule has 0 bridgehead atoms. The van der Waals surface area contributed by atoms with E-state index in [1.54, 1.807) is 0 Å². The Morgan fingerprint density at radius 2 is 1.58 bits per heavy atom. The van der Waals surface area contributed by atoms with Crippen molar-refractivity contribution in [2.45, 2.75) is 20.2 Å². The number of nitrogens with zero attached hydrogens (tertiary/aromatic N) is 6. The maximum atomic E-state index is 13.8. The molecule has 0 unspecified atom stereocenters. The fourth-order valence-corrected chi connectivity index (χ4v) is 2.19. The first kappa shape index (κ1) is 21.4. The fraction of sp³-hybridized carbons (Fsp3) is 0.444. The van der Waals surface area contributed by atoms with Gasteiger partial charge in [-0.1, -0.05) is 68.4 Å². The first-order chi connectivity index (χ1) is 11.6. The molecule has 0 saturated carbocycles. The van der Waals surface area contributed by atoms with Gasteiger partial charge in [-0.2, -0.15) is 31.3 Å². The number of carbonyl (C=O) groups excluding carboxylic acids is 1. The van der Waals surface area contributed by atoms with Crippen molar-refractivity contribution in [3.63, 3.8) is 0 Å². The molecule has 144 valence electrons. The Kier molecular flexibility index (Phi) is 5.41. The van der Waals surface area contributed by atoms with Crippen LogP contribution in [0.2, 0.25) is 0 Å². The van der Waals surface area contributed by atoms with Crippen LogP contribution in [0.25, 0.3) is 0 Å². The first-order valence-electron chi connectivity index (χ1n) is 5.89. The lowest BCUT2D eigenvalue weighted by molar-refractivity contribution is -0.291. The van der Waals surface area contributed by atoms with E-state index < -0.39 is 37.6 Å². The van der Waals surface area contributed by atoms with Crippen LogP contribution in [-0.2, 0) is 10.3 Å². The monoisotopic (exact) mass is 480 g/mol. The van der Waals surface area contributed by atoms with Crippen LogP contribution in [-0.4, -0.2) is 46.0 Å². The lowest BCUT2D eigenvalue weighted by Crippen LogP contribution is -2.40. The van der Waals surface area contributed by atoms with Crippen molar-refractivity contribution in [3.8, 4) is 0 Å². The second-order valence-electron chi connectivity index (χ2n) is 4.47. The van der Waals surface area contributed by atoms with E-state index >= 15 is 0 Å². The Hall–Kier alpha value is -0.950. The molecule has 0 saturated heterocycles. The lowest BCUT2D eigenvalue weighted by Gasteiger charge is -2.29. The zero-order valence-corrected chi connectivity index (χ0v) is 15.3. The summed E-state index contributed by atoms with van der Waals surface area (Å²) in [4.78, 5) is 12.2. The van der Waals surface area contributed by atoms with Crippen LogP contribution in [0, 0.1) is 0 Å². The number of rotatable bonds is 2. The molecule has 2 aromatic heterocycles. The van der Waals surface area contributed by atoms with Crippen molar-refractivity contribution in [1.29, 1.82) is 0 Å². The van der Waals surface area contributed by atoms with E-state index in [4.69, 9.17) is 58.0 Å². The minimum atomic E-state index is -6.14. The largest absolute Gasteiger partial charge is 0.459 e. The van der Waals surface area contributed by atoms with E-state index in [0.29, 0.717) is 4.68 Å². The number of halogens is 10. The molecule has 0 aliphatic carbocycles. The zero-order chi connectivity index (χ0) is 20.1. The molecular formula is C9H2Cl5F5N6O. The van der Waals surface area contributed by atoms with Gasteiger partial charge >= 0.3 is 18.1 Å². The van der Waals surface area contributed by atoms with Crippen LogP contribution in [0.4, 0.5) is 26.7 Å². The summed E-state index contributed by atoms with van der Waals surface area (Å²) in [6.07, 6.45) is -4.21. The zero-order valence-electron chi connectivity index (χ0n) is 11.5. The van der Waals surface area contributed by atoms with Crippen molar-refractivity contribution < 1.29 is 26.7 Å². The van der Waals surface area contributed by atoms with E-state index in [2.05, 4.69) is 20.6 Å². The molecule has 2 rings (SSSR count). The summed E-state index contributed by atoms with van der Waals surface area (Å²) in [5, 5.41) is 12.1. The Morgan fingerprint density at radius 3 is 2.00 bits per heavy atom. The number of carbonyl (C=O) groups is 1. The topological polar surface area (TPSA) is 78.5 Å². The van der Waals surface area contributed by atoms with Crippen molar-refractivity contribution in [3.05, 3.63) is 23.8 Å². The Balaban J connectivity index is 2.79. The van der Waals surface area contributed by atoms with Crippen LogP contribution in [0.5, 0.6) is 0 Å². The van der Waals surface area contributed by atoms with Crippen LogP contribution in [0.1, 0.15) is 11.4 Å². The minimum absolute atomic E-state index is 0.106. The van der Waals surface area contributed by atoms with Gasteiger partial charge in [0.15, 0.2) is 5.69 Å². The fourth-order valence-electron chi connectivity index (χ4n) is 1.58. The van der Waals surface area contributed by atoms with Crippen LogP contribution < -0.4 is 0 Å². The van der Waals surface area contributed by atoms with Gasteiger partial charge in [0.1, 0.15) is 5.69 Å². The molecule has 0 aliphatic rings. The van der Waals surface area contributed by atoms with Gasteiger partial charge in [-0.25, -0.2) is 4.79 Å². The lowest BCUT2D eigenvalue weighted by atomic mass is 10.1. The summed E-state index contributed by atoms with van der Waals surface area (Å²) in [5.74, 6) is -5.63. The predicted octanol–water partition coefficient (Wildman–Crippen LogP) is 4.04. The summed E-state index contributed by atoms with van der Waals surface area (Å²) in [7, 11) is 0. The van der Waals surface area contributed by atoms with Crippen molar-refractivity contribution in [1.82, 2.24) is 30.0 Å². The second-order valence-corrected chi connectivity index (χ2v) is 8.08. The third-order valence-corrected chi connectivity index (χ3v) is 5.13. The van der Waals surface area contributed by atoms with Gasteiger partial charge in [0.05, 0.1) is 12.4 Å². The number of aromatic nitrogens is 6. The van der Waals surface area contributed by atoms with Crippen LogP contribution in [0.3, 0.4) is 0 Å². The number of hydrogen-bond acceptors (Lipinski definition) is 5. The van der Waals surface area contributed by atoms with Gasteiger partial charge in [-0.15, -0.1) is 10.2 Å². The highest BCUT2D eigenvalue weighted by Gasteiger charge is 2.65. The quantitative estimate of drug-likeness (QED) is 0.477. The van der Waals surface area contributed by atoms with Crippen LogP contribution in [0.15, 0.2) is 12.4 Å². The Bertz CT molecular complexity index is 814. The molecule has 0 amide bonds. The number of alkyl halides is 10. The third kappa shape index (κ3) is 3.44. The molecule has 0 aromatic carbocycles. The van der Waals surface area contributed by atoms with Gasteiger partial charge in [-0.05, 0) is 0 Å². The van der Waals surface area contributed by atoms with Crippen LogP contribution >= 0.6 is 58.0 Å². The average molecular weight is 482 g/mol. The average Bonchev–Trinajstić information content (AvgIpc) is 3.14. The third-order valence-electron chi connectivity index (χ3n) is 2.78. The normalized spacial score (nSPS) is 13.9. The van der Waals surface area contributed by atoms with Gasteiger partial charge in [0.25, 0.3) is 0 Å². The van der Waals surface area contributed by atoms with E-state index in [0.717, 1.165) is 12.4 Å². The Labute approximate surface area is 164 Å². The molecule has 0 radical (unpaired) electrons. The molecule has 0 fully saturated rings. The summed E-state index contributed by atoms with van der Waals surface area (Å²) >= 11 is 27.9. The van der Waals surface area contributed by atoms with Gasteiger partial charge in [0.2, 0.25) is 8.13 Å². The molecule has 17 heteroatoms. The van der Waals surface area contributed by atoms with Crippen molar-refractivity contribution >= 4 is 64.0 Å². The molecule has 7 nitrogen and oxygen atoms in total. The summed E-state index contributed by atoms with van der Waals surface area (Å²) < 4.78 is 60.2. The molecule has 2 aromatic rings. The van der Waals surface area contributed by atoms with Crippen molar-refractivity contribution in [2.75, 3.05) is 0 Å². The highest BCUT2D eigenvalue weighted by atomic mass is 35.6. The standard InChI is InChI=1S/C9H2Cl5F5N6O/c10-6(11,8(12,13)14)4-3(7(15,16)9(17,18)19)21-23-25(4)5(26)24-2-1-20-22-24/h1-2H. The molecule has 0 spiro atoms. The predicted molar refractivity (Wildman–Crippen MR) is 79.9 cm³/mol. The van der Waals surface area contributed by atoms with E-state index in [1.165, 1.54) is 0 Å².